The lowest BCUT2D eigenvalue weighted by atomic mass is 10.0. The van der Waals surface area contributed by atoms with E-state index in [1.165, 1.54) is 13.0 Å². The van der Waals surface area contributed by atoms with Gasteiger partial charge in [0.05, 0.1) is 17.6 Å². The Morgan fingerprint density at radius 3 is 2.68 bits per heavy atom. The number of nitrogens with one attached hydrogen (secondary N) is 1. The molecule has 2 nitrogen and oxygen atoms in total. The van der Waals surface area contributed by atoms with E-state index < -0.39 is 11.7 Å². The molecule has 0 bridgehead atoms. The first-order valence-corrected chi connectivity index (χ1v) is 6.26. The van der Waals surface area contributed by atoms with Gasteiger partial charge in [-0.25, -0.2) is 0 Å². The van der Waals surface area contributed by atoms with Crippen molar-refractivity contribution in [2.75, 3.05) is 5.32 Å². The molecule has 0 spiro atoms. The Bertz CT molecular complexity index is 502. The van der Waals surface area contributed by atoms with Crippen molar-refractivity contribution < 1.29 is 13.2 Å². The van der Waals surface area contributed by atoms with Gasteiger partial charge in [0.25, 0.3) is 0 Å². The Labute approximate surface area is 110 Å². The molecule has 0 heterocycles. The summed E-state index contributed by atoms with van der Waals surface area (Å²) in [4.78, 5) is 0. The maximum atomic E-state index is 12.8. The third-order valence-corrected chi connectivity index (χ3v) is 3.58. The highest BCUT2D eigenvalue weighted by Gasteiger charge is 2.33. The molecule has 1 saturated carbocycles. The van der Waals surface area contributed by atoms with Crippen LogP contribution in [0.1, 0.15) is 30.4 Å². The van der Waals surface area contributed by atoms with Crippen molar-refractivity contribution >= 4 is 5.69 Å². The molecule has 0 aromatic heterocycles. The molecule has 0 radical (unpaired) electrons. The van der Waals surface area contributed by atoms with Crippen molar-refractivity contribution in [3.8, 4) is 6.07 Å². The van der Waals surface area contributed by atoms with E-state index in [-0.39, 0.29) is 17.5 Å². The predicted octanol–water partition coefficient (Wildman–Crippen LogP) is 4.12. The summed E-state index contributed by atoms with van der Waals surface area (Å²) in [6.07, 6.45) is -1.76. The number of benzene rings is 1. The molecule has 5 heteroatoms. The number of nitriles is 1. The Kier molecular flexibility index (Phi) is 3.70. The molecule has 1 aromatic rings. The van der Waals surface area contributed by atoms with Crippen LogP contribution in [-0.4, -0.2) is 6.04 Å². The number of anilines is 1. The Hall–Kier alpha value is -1.70. The summed E-state index contributed by atoms with van der Waals surface area (Å²) >= 11 is 0. The van der Waals surface area contributed by atoms with Gasteiger partial charge in [-0.1, -0.05) is 6.07 Å². The summed E-state index contributed by atoms with van der Waals surface area (Å²) in [6, 6.07) is 6.38. The zero-order valence-electron chi connectivity index (χ0n) is 10.6. The van der Waals surface area contributed by atoms with Crippen LogP contribution in [0.25, 0.3) is 0 Å². The second kappa shape index (κ2) is 5.12. The van der Waals surface area contributed by atoms with Gasteiger partial charge in [-0.3, -0.25) is 0 Å². The lowest BCUT2D eigenvalue weighted by molar-refractivity contribution is -0.138. The lowest BCUT2D eigenvalue weighted by Gasteiger charge is -2.19. The van der Waals surface area contributed by atoms with Crippen molar-refractivity contribution in [3.05, 3.63) is 29.3 Å². The summed E-state index contributed by atoms with van der Waals surface area (Å²) in [5, 5.41) is 12.0. The third-order valence-electron chi connectivity index (χ3n) is 3.58. The largest absolute Gasteiger partial charge is 0.416 e. The van der Waals surface area contributed by atoms with Crippen molar-refractivity contribution in [2.24, 2.45) is 5.92 Å². The van der Waals surface area contributed by atoms with Crippen LogP contribution in [0.5, 0.6) is 0 Å². The second-order valence-corrected chi connectivity index (χ2v) is 4.94. The number of nitrogens with zero attached hydrogens (tertiary/aromatic N) is 1. The zero-order chi connectivity index (χ0) is 14.0. The fourth-order valence-electron chi connectivity index (χ4n) is 2.52. The molecular formula is C14H15F3N2. The molecule has 2 rings (SSSR count). The van der Waals surface area contributed by atoms with Crippen LogP contribution in [0.4, 0.5) is 18.9 Å². The molecule has 2 unspecified atom stereocenters. The normalized spacial score (nSPS) is 23.1. The lowest BCUT2D eigenvalue weighted by Crippen LogP contribution is -2.23. The minimum atomic E-state index is -4.34. The van der Waals surface area contributed by atoms with Gasteiger partial charge in [0.1, 0.15) is 0 Å². The minimum absolute atomic E-state index is 0.0474. The van der Waals surface area contributed by atoms with E-state index in [2.05, 4.69) is 11.4 Å². The third kappa shape index (κ3) is 3.01. The minimum Gasteiger partial charge on any atom is -0.381 e. The monoisotopic (exact) mass is 268 g/mol. The quantitative estimate of drug-likeness (QED) is 0.875. The first kappa shape index (κ1) is 13.7. The van der Waals surface area contributed by atoms with Gasteiger partial charge in [-0.2, -0.15) is 18.4 Å². The first-order valence-electron chi connectivity index (χ1n) is 6.26. The molecule has 1 aliphatic rings. The average molecular weight is 268 g/mol. The molecular weight excluding hydrogens is 253 g/mol. The fraction of sp³-hybridized carbons (Fsp3) is 0.500. The maximum Gasteiger partial charge on any atom is 0.416 e. The van der Waals surface area contributed by atoms with Gasteiger partial charge in [0, 0.05) is 11.7 Å². The predicted molar refractivity (Wildman–Crippen MR) is 66.5 cm³/mol. The second-order valence-electron chi connectivity index (χ2n) is 4.94. The van der Waals surface area contributed by atoms with Crippen LogP contribution in [0.2, 0.25) is 0 Å². The van der Waals surface area contributed by atoms with Gasteiger partial charge in [0.15, 0.2) is 0 Å². The standard InChI is InChI=1S/C14H15F3N2/c1-9-5-6-11(7-12(9)14(15,16)17)19-13-4-2-3-10(13)8-18/h5-7,10,13,19H,2-4H2,1H3. The number of hydrogen-bond acceptors (Lipinski definition) is 2. The number of aryl methyl sites for hydroxylation is 1. The highest BCUT2D eigenvalue weighted by atomic mass is 19.4. The molecule has 1 fully saturated rings. The molecule has 1 N–H and O–H groups in total. The maximum absolute atomic E-state index is 12.8. The zero-order valence-corrected chi connectivity index (χ0v) is 10.6. The smallest absolute Gasteiger partial charge is 0.381 e. The number of rotatable bonds is 2. The molecule has 1 aliphatic carbocycles. The summed E-state index contributed by atoms with van der Waals surface area (Å²) in [5.41, 5.74) is 0.0235. The van der Waals surface area contributed by atoms with E-state index in [4.69, 9.17) is 5.26 Å². The number of alkyl halides is 3. The Morgan fingerprint density at radius 1 is 1.32 bits per heavy atom. The number of hydrogen-bond donors (Lipinski definition) is 1. The Balaban J connectivity index is 2.20. The SMILES string of the molecule is Cc1ccc(NC2CCCC2C#N)cc1C(F)(F)F. The highest BCUT2D eigenvalue weighted by molar-refractivity contribution is 5.50. The van der Waals surface area contributed by atoms with E-state index in [0.717, 1.165) is 25.3 Å². The highest BCUT2D eigenvalue weighted by Crippen LogP contribution is 2.34. The van der Waals surface area contributed by atoms with Crippen molar-refractivity contribution in [3.63, 3.8) is 0 Å². The molecule has 102 valence electrons. The van der Waals surface area contributed by atoms with Crippen molar-refractivity contribution in [2.45, 2.75) is 38.4 Å². The van der Waals surface area contributed by atoms with Crippen molar-refractivity contribution in [1.29, 1.82) is 5.26 Å². The van der Waals surface area contributed by atoms with Gasteiger partial charge in [-0.15, -0.1) is 0 Å². The van der Waals surface area contributed by atoms with Gasteiger partial charge < -0.3 is 5.32 Å². The topological polar surface area (TPSA) is 35.8 Å². The van der Waals surface area contributed by atoms with Gasteiger partial charge in [0.2, 0.25) is 0 Å². The van der Waals surface area contributed by atoms with E-state index >= 15 is 0 Å². The molecule has 2 atom stereocenters. The van der Waals surface area contributed by atoms with Crippen LogP contribution in [0.15, 0.2) is 18.2 Å². The van der Waals surface area contributed by atoms with Crippen LogP contribution >= 0.6 is 0 Å². The van der Waals surface area contributed by atoms with Gasteiger partial charge in [-0.05, 0) is 43.9 Å². The van der Waals surface area contributed by atoms with Crippen LogP contribution in [0, 0.1) is 24.2 Å². The summed E-state index contributed by atoms with van der Waals surface area (Å²) < 4.78 is 38.4. The van der Waals surface area contributed by atoms with E-state index in [9.17, 15) is 13.2 Å². The van der Waals surface area contributed by atoms with Crippen LogP contribution in [-0.2, 0) is 6.18 Å². The summed E-state index contributed by atoms with van der Waals surface area (Å²) in [6.45, 7) is 1.44. The first-order chi connectivity index (χ1) is 8.91. The summed E-state index contributed by atoms with van der Waals surface area (Å²) in [5.74, 6) is -0.115. The van der Waals surface area contributed by atoms with Gasteiger partial charge >= 0.3 is 6.18 Å². The number of halogens is 3. The molecule has 0 saturated heterocycles. The van der Waals surface area contributed by atoms with E-state index in [1.807, 2.05) is 0 Å². The average Bonchev–Trinajstić information content (AvgIpc) is 2.77. The molecule has 19 heavy (non-hydrogen) atoms. The van der Waals surface area contributed by atoms with Crippen LogP contribution < -0.4 is 5.32 Å². The van der Waals surface area contributed by atoms with Crippen LogP contribution in [0.3, 0.4) is 0 Å². The van der Waals surface area contributed by atoms with Crippen molar-refractivity contribution in [1.82, 2.24) is 0 Å². The molecule has 0 aliphatic heterocycles. The van der Waals surface area contributed by atoms with E-state index in [0.29, 0.717) is 5.69 Å². The molecule has 0 amide bonds. The fourth-order valence-corrected chi connectivity index (χ4v) is 2.52. The summed E-state index contributed by atoms with van der Waals surface area (Å²) in [7, 11) is 0. The Morgan fingerprint density at radius 2 is 2.05 bits per heavy atom. The van der Waals surface area contributed by atoms with E-state index in [1.54, 1.807) is 6.07 Å². The molecule has 1 aromatic carbocycles.